The summed E-state index contributed by atoms with van der Waals surface area (Å²) in [7, 11) is 0. The minimum atomic E-state index is -4.60. The number of ether oxygens (including phenoxy) is 1. The van der Waals surface area contributed by atoms with E-state index in [9.17, 15) is 27.9 Å². The van der Waals surface area contributed by atoms with Crippen LogP contribution in [0.4, 0.5) is 23.7 Å². The summed E-state index contributed by atoms with van der Waals surface area (Å²) < 4.78 is 45.9. The van der Waals surface area contributed by atoms with Crippen molar-refractivity contribution >= 4 is 39.3 Å². The summed E-state index contributed by atoms with van der Waals surface area (Å²) >= 11 is 1.16. The maximum absolute atomic E-state index is 13.5. The summed E-state index contributed by atoms with van der Waals surface area (Å²) in [5.41, 5.74) is 2.47. The van der Waals surface area contributed by atoms with Gasteiger partial charge in [0.25, 0.3) is 0 Å². The van der Waals surface area contributed by atoms with Gasteiger partial charge in [0.1, 0.15) is 11.4 Å². The van der Waals surface area contributed by atoms with Crippen molar-refractivity contribution in [2.45, 2.75) is 31.0 Å². The van der Waals surface area contributed by atoms with Gasteiger partial charge >= 0.3 is 18.2 Å². The van der Waals surface area contributed by atoms with Crippen molar-refractivity contribution in [2.75, 3.05) is 5.32 Å². The van der Waals surface area contributed by atoms with E-state index in [0.29, 0.717) is 28.1 Å². The Morgan fingerprint density at radius 3 is 2.14 bits per heavy atom. The molecule has 0 unspecified atom stereocenters. The van der Waals surface area contributed by atoms with Crippen molar-refractivity contribution < 1.29 is 32.6 Å². The van der Waals surface area contributed by atoms with Crippen LogP contribution in [0.3, 0.4) is 0 Å². The van der Waals surface area contributed by atoms with Crippen molar-refractivity contribution in [3.05, 3.63) is 108 Å². The first-order valence-electron chi connectivity index (χ1n) is 13.1. The molecule has 0 spiro atoms. The first-order chi connectivity index (χ1) is 20.1. The lowest BCUT2D eigenvalue weighted by molar-refractivity contribution is -0.140. The van der Waals surface area contributed by atoms with Crippen LogP contribution in [0, 0.1) is 0 Å². The largest absolute Gasteiger partial charge is 0.481 e. The Hall–Kier alpha value is -4.70. The number of alkyl halides is 3. The summed E-state index contributed by atoms with van der Waals surface area (Å²) in [6, 6.07) is 24.8. The fourth-order valence-electron chi connectivity index (χ4n) is 4.87. The Morgan fingerprint density at radius 2 is 1.55 bits per heavy atom. The minimum absolute atomic E-state index is 0.00278. The second kappa shape index (κ2) is 10.6. The Morgan fingerprint density at radius 1 is 0.929 bits per heavy atom. The van der Waals surface area contributed by atoms with E-state index in [0.717, 1.165) is 45.9 Å². The smallest absolute Gasteiger partial charge is 0.417 e. The normalized spacial score (nSPS) is 14.0. The van der Waals surface area contributed by atoms with Crippen LogP contribution in [0.25, 0.3) is 31.8 Å². The van der Waals surface area contributed by atoms with Crippen LogP contribution in [0.1, 0.15) is 29.5 Å². The molecule has 0 aliphatic heterocycles. The minimum Gasteiger partial charge on any atom is -0.481 e. The van der Waals surface area contributed by atoms with Gasteiger partial charge < -0.3 is 9.84 Å². The fraction of sp³-hybridized carbons (Fsp3) is 0.156. The number of carboxylic acid groups (broad SMARTS) is 1. The van der Waals surface area contributed by atoms with Gasteiger partial charge in [0.15, 0.2) is 0 Å². The molecule has 10 heteroatoms. The number of thiophene rings is 1. The highest BCUT2D eigenvalue weighted by molar-refractivity contribution is 7.22. The summed E-state index contributed by atoms with van der Waals surface area (Å²) in [4.78, 5) is 29.3. The van der Waals surface area contributed by atoms with Crippen LogP contribution in [-0.4, -0.2) is 22.2 Å². The molecule has 0 atom stereocenters. The summed E-state index contributed by atoms with van der Waals surface area (Å²) in [6.45, 7) is -0.00278. The first-order valence-corrected chi connectivity index (χ1v) is 13.9. The Bertz CT molecular complexity index is 1780. The number of aromatic nitrogens is 1. The number of hydrogen-bond donors (Lipinski definition) is 2. The first kappa shape index (κ1) is 27.5. The molecule has 2 aromatic heterocycles. The predicted octanol–water partition coefficient (Wildman–Crippen LogP) is 8.51. The van der Waals surface area contributed by atoms with Gasteiger partial charge in [-0.1, -0.05) is 78.9 Å². The van der Waals surface area contributed by atoms with Gasteiger partial charge in [-0.2, -0.15) is 13.2 Å². The average Bonchev–Trinajstić information content (AvgIpc) is 3.74. The van der Waals surface area contributed by atoms with Gasteiger partial charge in [-0.15, -0.1) is 11.3 Å². The lowest BCUT2D eigenvalue weighted by Crippen LogP contribution is -2.19. The van der Waals surface area contributed by atoms with E-state index in [-0.39, 0.29) is 17.7 Å². The highest BCUT2D eigenvalue weighted by atomic mass is 32.1. The number of carbonyl (C=O) groups excluding carboxylic acids is 1. The molecule has 0 saturated heterocycles. The maximum atomic E-state index is 13.5. The molecule has 3 aromatic carbocycles. The molecular weight excluding hydrogens is 565 g/mol. The molecule has 2 heterocycles. The van der Waals surface area contributed by atoms with E-state index in [1.54, 1.807) is 12.1 Å². The quantitative estimate of drug-likeness (QED) is 0.199. The zero-order chi connectivity index (χ0) is 29.5. The van der Waals surface area contributed by atoms with Gasteiger partial charge in [-0.25, -0.2) is 9.78 Å². The Kier molecular flexibility index (Phi) is 6.94. The number of nitrogens with one attached hydrogen (secondary N) is 1. The number of halogens is 3. The highest BCUT2D eigenvalue weighted by Crippen LogP contribution is 2.49. The van der Waals surface area contributed by atoms with E-state index in [1.165, 1.54) is 0 Å². The van der Waals surface area contributed by atoms with Crippen LogP contribution in [-0.2, 0) is 27.7 Å². The third-order valence-electron chi connectivity index (χ3n) is 7.39. The van der Waals surface area contributed by atoms with Gasteiger partial charge in [-0.05, 0) is 46.7 Å². The van der Waals surface area contributed by atoms with E-state index in [2.05, 4.69) is 10.3 Å². The third kappa shape index (κ3) is 5.33. The highest BCUT2D eigenvalue weighted by Gasteiger charge is 2.51. The van der Waals surface area contributed by atoms with Gasteiger partial charge in [0, 0.05) is 11.6 Å². The standard InChI is InChI=1S/C32H23F3N2O4S/c33-32(34,35)24-16-25-26(37-30(40)41-18-19-4-2-1-3-5-19)27(42-28(25)36-17-24)22-8-6-20(7-9-22)21-10-12-23(13-11-21)31(14-15-31)29(38)39/h1-13,16-17H,14-15,18H2,(H,37,40)(H,38,39). The second-order valence-electron chi connectivity index (χ2n) is 10.1. The number of aliphatic carboxylic acids is 1. The molecule has 6 rings (SSSR count). The van der Waals surface area contributed by atoms with Crippen LogP contribution in [0.2, 0.25) is 0 Å². The van der Waals surface area contributed by atoms with Crippen molar-refractivity contribution in [1.82, 2.24) is 4.98 Å². The van der Waals surface area contributed by atoms with Crippen LogP contribution < -0.4 is 5.32 Å². The lowest BCUT2D eigenvalue weighted by Gasteiger charge is -2.12. The predicted molar refractivity (Wildman–Crippen MR) is 154 cm³/mol. The fourth-order valence-corrected chi connectivity index (χ4v) is 5.96. The number of nitrogens with zero attached hydrogens (tertiary/aromatic N) is 1. The van der Waals surface area contributed by atoms with E-state index < -0.39 is 29.2 Å². The maximum Gasteiger partial charge on any atom is 0.417 e. The van der Waals surface area contributed by atoms with Crippen molar-refractivity contribution in [3.8, 4) is 21.6 Å². The summed E-state index contributed by atoms with van der Waals surface area (Å²) in [5, 5.41) is 12.4. The van der Waals surface area contributed by atoms with Gasteiger partial charge in [-0.3, -0.25) is 10.1 Å². The van der Waals surface area contributed by atoms with E-state index in [1.807, 2.05) is 66.7 Å². The van der Waals surface area contributed by atoms with Crippen molar-refractivity contribution in [3.63, 3.8) is 0 Å². The number of carboxylic acids is 1. The topological polar surface area (TPSA) is 88.5 Å². The molecule has 1 amide bonds. The SMILES string of the molecule is O=C(Nc1c(-c2ccc(-c3ccc(C4(C(=O)O)CC4)cc3)cc2)sc2ncc(C(F)(F)F)cc12)OCc1ccccc1. The molecule has 1 fully saturated rings. The Balaban J connectivity index is 1.30. The number of carbonyl (C=O) groups is 2. The van der Waals surface area contributed by atoms with E-state index >= 15 is 0 Å². The average molecular weight is 589 g/mol. The zero-order valence-corrected chi connectivity index (χ0v) is 22.8. The molecule has 1 saturated carbocycles. The molecule has 0 bridgehead atoms. The Labute approximate surface area is 242 Å². The molecular formula is C32H23F3N2O4S. The third-order valence-corrected chi connectivity index (χ3v) is 8.55. The molecule has 5 aromatic rings. The number of anilines is 1. The number of benzene rings is 3. The molecule has 2 N–H and O–H groups in total. The van der Waals surface area contributed by atoms with Crippen LogP contribution >= 0.6 is 11.3 Å². The van der Waals surface area contributed by atoms with E-state index in [4.69, 9.17) is 4.74 Å². The van der Waals surface area contributed by atoms with Gasteiger partial charge in [0.2, 0.25) is 0 Å². The van der Waals surface area contributed by atoms with Crippen molar-refractivity contribution in [2.24, 2.45) is 0 Å². The number of pyridine rings is 1. The molecule has 1 aliphatic rings. The number of rotatable bonds is 7. The molecule has 42 heavy (non-hydrogen) atoms. The van der Waals surface area contributed by atoms with Crippen molar-refractivity contribution in [1.29, 1.82) is 0 Å². The second-order valence-corrected chi connectivity index (χ2v) is 11.1. The van der Waals surface area contributed by atoms with Crippen LogP contribution in [0.15, 0.2) is 91.1 Å². The molecule has 212 valence electrons. The zero-order valence-electron chi connectivity index (χ0n) is 21.9. The summed E-state index contributed by atoms with van der Waals surface area (Å²) in [5.74, 6) is -0.812. The van der Waals surface area contributed by atoms with Gasteiger partial charge in [0.05, 0.1) is 21.5 Å². The number of fused-ring (bicyclic) bond motifs is 1. The number of amides is 1. The molecule has 6 nitrogen and oxygen atoms in total. The summed E-state index contributed by atoms with van der Waals surface area (Å²) in [6.07, 6.45) is -3.37. The molecule has 0 radical (unpaired) electrons. The lowest BCUT2D eigenvalue weighted by atomic mass is 9.93. The van der Waals surface area contributed by atoms with Crippen LogP contribution in [0.5, 0.6) is 0 Å². The molecule has 1 aliphatic carbocycles. The monoisotopic (exact) mass is 588 g/mol. The number of hydrogen-bond acceptors (Lipinski definition) is 5.